The van der Waals surface area contributed by atoms with E-state index in [0.717, 1.165) is 0 Å². The monoisotopic (exact) mass is 304 g/mol. The Hall–Kier alpha value is -1.99. The summed E-state index contributed by atoms with van der Waals surface area (Å²) in [5.41, 5.74) is 15.4. The Balaban J connectivity index is 3.79. The second kappa shape index (κ2) is 5.33. The first-order chi connectivity index (χ1) is 8.68. The van der Waals surface area contributed by atoms with Gasteiger partial charge < -0.3 is 22.5 Å². The molecule has 0 saturated carbocycles. The van der Waals surface area contributed by atoms with Crippen LogP contribution in [0.4, 0.5) is 22.7 Å². The van der Waals surface area contributed by atoms with E-state index in [1.807, 2.05) is 0 Å². The van der Waals surface area contributed by atoms with Crippen molar-refractivity contribution in [2.24, 2.45) is 0 Å². The first kappa shape index (κ1) is 15.1. The summed E-state index contributed by atoms with van der Waals surface area (Å²) < 4.78 is 0. The molecule has 0 atom stereocenters. The minimum atomic E-state index is -0.999. The Morgan fingerprint density at radius 1 is 0.895 bits per heavy atom. The van der Waals surface area contributed by atoms with Gasteiger partial charge in [-0.05, 0) is 23.2 Å². The van der Waals surface area contributed by atoms with Gasteiger partial charge in [0.05, 0.1) is 33.9 Å². The van der Waals surface area contributed by atoms with Crippen molar-refractivity contribution >= 4 is 62.3 Å². The van der Waals surface area contributed by atoms with Crippen molar-refractivity contribution in [2.45, 2.75) is 6.92 Å². The Kier molecular flexibility index (Phi) is 4.23. The molecule has 0 radical (unpaired) electrons. The van der Waals surface area contributed by atoms with Gasteiger partial charge in [-0.3, -0.25) is 14.4 Å². The van der Waals surface area contributed by atoms with Crippen molar-refractivity contribution in [3.05, 3.63) is 11.1 Å². The first-order valence-corrected chi connectivity index (χ1v) is 5.61. The lowest BCUT2D eigenvalue weighted by molar-refractivity contribution is -0.114. The van der Waals surface area contributed by atoms with Crippen molar-refractivity contribution in [3.63, 3.8) is 0 Å². The zero-order chi connectivity index (χ0) is 14.9. The van der Waals surface area contributed by atoms with Crippen LogP contribution in [-0.4, -0.2) is 16.4 Å². The fourth-order valence-electron chi connectivity index (χ4n) is 1.54. The summed E-state index contributed by atoms with van der Waals surface area (Å²) in [6.07, 6.45) is 0. The van der Waals surface area contributed by atoms with E-state index >= 15 is 0 Å². The molecule has 0 aromatic heterocycles. The van der Waals surface area contributed by atoms with Gasteiger partial charge in [-0.2, -0.15) is 0 Å². The maximum atomic E-state index is 11.3. The predicted molar refractivity (Wildman–Crippen MR) is 74.3 cm³/mol. The number of nitrogens with two attached hydrogens (primary N) is 3. The zero-order valence-electron chi connectivity index (χ0n) is 9.71. The minimum absolute atomic E-state index is 0.130. The zero-order valence-corrected chi connectivity index (χ0v) is 11.2. The van der Waals surface area contributed by atoms with Gasteiger partial charge in [-0.1, -0.05) is 0 Å². The maximum absolute atomic E-state index is 11.3. The fraction of sp³-hybridized carbons (Fsp3) is 0.100. The number of nitrogen functional groups attached to an aromatic ring is 3. The van der Waals surface area contributed by atoms with Gasteiger partial charge in [0.1, 0.15) is 0 Å². The van der Waals surface area contributed by atoms with Crippen molar-refractivity contribution in [1.29, 1.82) is 0 Å². The number of hydrogen-bond acceptors (Lipinski definition) is 6. The molecule has 0 bridgehead atoms. The molecule has 0 fully saturated rings. The quantitative estimate of drug-likeness (QED) is 0.487. The van der Waals surface area contributed by atoms with Gasteiger partial charge in [0, 0.05) is 6.92 Å². The van der Waals surface area contributed by atoms with E-state index in [1.165, 1.54) is 6.92 Å². The van der Waals surface area contributed by atoms with E-state index in [-0.39, 0.29) is 33.9 Å². The van der Waals surface area contributed by atoms with Crippen LogP contribution < -0.4 is 22.5 Å². The number of hydrogen-bond donors (Lipinski definition) is 4. The van der Waals surface area contributed by atoms with Gasteiger partial charge in [-0.15, -0.1) is 0 Å². The molecular formula is C10H10Cl2N4O3. The highest BCUT2D eigenvalue weighted by Crippen LogP contribution is 2.39. The van der Waals surface area contributed by atoms with Crippen LogP contribution in [0.3, 0.4) is 0 Å². The van der Waals surface area contributed by atoms with Crippen LogP contribution in [0.2, 0.25) is 0 Å². The molecule has 0 saturated heterocycles. The summed E-state index contributed by atoms with van der Waals surface area (Å²) in [6.45, 7) is 1.19. The summed E-state index contributed by atoms with van der Waals surface area (Å²) in [7, 11) is 0. The molecule has 7 N–H and O–H groups in total. The molecule has 102 valence electrons. The lowest BCUT2D eigenvalue weighted by Crippen LogP contribution is -2.17. The van der Waals surface area contributed by atoms with Crippen LogP contribution in [0.25, 0.3) is 0 Å². The molecule has 19 heavy (non-hydrogen) atoms. The Bertz CT molecular complexity index is 560. The number of rotatable bonds is 3. The maximum Gasteiger partial charge on any atom is 0.256 e. The van der Waals surface area contributed by atoms with Crippen LogP contribution in [0.5, 0.6) is 0 Å². The van der Waals surface area contributed by atoms with E-state index in [9.17, 15) is 14.4 Å². The smallest absolute Gasteiger partial charge is 0.256 e. The average molecular weight is 305 g/mol. The van der Waals surface area contributed by atoms with Crippen LogP contribution in [0, 0.1) is 0 Å². The van der Waals surface area contributed by atoms with Crippen LogP contribution >= 0.6 is 23.2 Å². The van der Waals surface area contributed by atoms with Crippen LogP contribution in [0.1, 0.15) is 27.6 Å². The SMILES string of the molecule is CC(=O)Nc1c(N)c(C(=O)Cl)c(N)c(C(=O)Cl)c1N. The third-order valence-electron chi connectivity index (χ3n) is 2.31. The number of carbonyl (C=O) groups excluding carboxylic acids is 3. The molecular weight excluding hydrogens is 295 g/mol. The Morgan fingerprint density at radius 2 is 1.26 bits per heavy atom. The molecule has 0 aliphatic heterocycles. The van der Waals surface area contributed by atoms with E-state index < -0.39 is 16.4 Å². The fourth-order valence-corrected chi connectivity index (χ4v) is 1.95. The lowest BCUT2D eigenvalue weighted by Gasteiger charge is -2.17. The number of anilines is 4. The molecule has 1 rings (SSSR count). The second-order valence-electron chi connectivity index (χ2n) is 3.59. The summed E-state index contributed by atoms with van der Waals surface area (Å²) in [5, 5.41) is 0.294. The summed E-state index contributed by atoms with van der Waals surface area (Å²) in [5.74, 6) is -0.510. The van der Waals surface area contributed by atoms with Crippen LogP contribution in [0.15, 0.2) is 0 Å². The normalized spacial score (nSPS) is 10.1. The van der Waals surface area contributed by atoms with Crippen molar-refractivity contribution in [3.8, 4) is 0 Å². The van der Waals surface area contributed by atoms with Crippen molar-refractivity contribution in [2.75, 3.05) is 22.5 Å². The van der Waals surface area contributed by atoms with Crippen LogP contribution in [-0.2, 0) is 4.79 Å². The topological polar surface area (TPSA) is 141 Å². The van der Waals surface area contributed by atoms with Crippen molar-refractivity contribution in [1.82, 2.24) is 0 Å². The summed E-state index contributed by atoms with van der Waals surface area (Å²) in [6, 6.07) is 0. The average Bonchev–Trinajstić information content (AvgIpc) is 2.22. The van der Waals surface area contributed by atoms with E-state index in [1.54, 1.807) is 0 Å². The minimum Gasteiger partial charge on any atom is -0.397 e. The van der Waals surface area contributed by atoms with Gasteiger partial charge in [0.15, 0.2) is 0 Å². The van der Waals surface area contributed by atoms with Crippen molar-refractivity contribution < 1.29 is 14.4 Å². The van der Waals surface area contributed by atoms with Gasteiger partial charge in [0.2, 0.25) is 5.91 Å². The highest BCUT2D eigenvalue weighted by atomic mass is 35.5. The standard InChI is InChI=1S/C10H10Cl2N4O3/c1-2(17)16-8-6(14)3(9(11)18)5(13)4(7(8)15)10(12)19/h13-15H2,1H3,(H,16,17). The first-order valence-electron chi connectivity index (χ1n) is 4.86. The van der Waals surface area contributed by atoms with Gasteiger partial charge in [0.25, 0.3) is 10.5 Å². The highest BCUT2D eigenvalue weighted by Gasteiger charge is 2.26. The number of carbonyl (C=O) groups is 3. The summed E-state index contributed by atoms with van der Waals surface area (Å²) >= 11 is 10.7. The number of nitrogens with one attached hydrogen (secondary N) is 1. The molecule has 0 unspecified atom stereocenters. The molecule has 0 heterocycles. The molecule has 1 aromatic rings. The van der Waals surface area contributed by atoms with Gasteiger partial charge in [-0.25, -0.2) is 0 Å². The number of benzene rings is 1. The molecule has 0 aliphatic rings. The highest BCUT2D eigenvalue weighted by molar-refractivity contribution is 6.71. The molecule has 1 amide bonds. The molecule has 1 aromatic carbocycles. The Labute approximate surface area is 118 Å². The molecule has 0 aliphatic carbocycles. The second-order valence-corrected chi connectivity index (χ2v) is 4.28. The van der Waals surface area contributed by atoms with Gasteiger partial charge >= 0.3 is 0 Å². The van der Waals surface area contributed by atoms with E-state index in [2.05, 4.69) is 5.32 Å². The predicted octanol–water partition coefficient (Wildman–Crippen LogP) is 1.15. The third-order valence-corrected chi connectivity index (χ3v) is 2.69. The molecule has 7 nitrogen and oxygen atoms in total. The molecule has 0 spiro atoms. The number of amides is 1. The largest absolute Gasteiger partial charge is 0.397 e. The lowest BCUT2D eigenvalue weighted by atomic mass is 10.0. The summed E-state index contributed by atoms with van der Waals surface area (Å²) in [4.78, 5) is 33.7. The third kappa shape index (κ3) is 2.72. The van der Waals surface area contributed by atoms with E-state index in [4.69, 9.17) is 40.4 Å². The van der Waals surface area contributed by atoms with E-state index in [0.29, 0.717) is 0 Å². The number of halogens is 2. The Morgan fingerprint density at radius 3 is 1.53 bits per heavy atom. The molecule has 9 heteroatoms.